The van der Waals surface area contributed by atoms with E-state index in [4.69, 9.17) is 4.74 Å². The van der Waals surface area contributed by atoms with Crippen molar-refractivity contribution in [3.63, 3.8) is 0 Å². The number of carbonyl (C=O) groups is 1. The van der Waals surface area contributed by atoms with Crippen LogP contribution in [0.1, 0.15) is 40.0 Å². The fourth-order valence-corrected chi connectivity index (χ4v) is 3.07. The summed E-state index contributed by atoms with van der Waals surface area (Å²) < 4.78 is 5.91. The molecule has 0 saturated heterocycles. The van der Waals surface area contributed by atoms with Gasteiger partial charge in [0, 0.05) is 35.4 Å². The second-order valence-electron chi connectivity index (χ2n) is 7.12. The molecular formula is C23H22N2O2. The minimum Gasteiger partial charge on any atom is -0.490 e. The van der Waals surface area contributed by atoms with Gasteiger partial charge in [-0.2, -0.15) is 0 Å². The first-order valence-electron chi connectivity index (χ1n) is 9.26. The van der Waals surface area contributed by atoms with Gasteiger partial charge in [-0.1, -0.05) is 12.1 Å². The Morgan fingerprint density at radius 2 is 1.93 bits per heavy atom. The van der Waals surface area contributed by atoms with Crippen molar-refractivity contribution in [3.8, 4) is 16.9 Å². The minimum absolute atomic E-state index is 0.0388. The Balaban J connectivity index is 1.52. The highest BCUT2D eigenvalue weighted by molar-refractivity contribution is 5.98. The third kappa shape index (κ3) is 4.05. The first kappa shape index (κ1) is 17.4. The summed E-state index contributed by atoms with van der Waals surface area (Å²) in [6, 6.07) is 12.0. The lowest BCUT2D eigenvalue weighted by Gasteiger charge is -2.11. The van der Waals surface area contributed by atoms with E-state index in [1.54, 1.807) is 12.4 Å². The summed E-state index contributed by atoms with van der Waals surface area (Å²) in [7, 11) is 0. The Bertz CT molecular complexity index is 976. The maximum Gasteiger partial charge on any atom is 0.170 e. The van der Waals surface area contributed by atoms with Gasteiger partial charge >= 0.3 is 0 Å². The molecule has 4 rings (SSSR count). The summed E-state index contributed by atoms with van der Waals surface area (Å²) in [4.78, 5) is 21.1. The number of carbonyl (C=O) groups excluding carboxylic acids is 1. The number of ketones is 1. The van der Waals surface area contributed by atoms with Gasteiger partial charge in [-0.05, 0) is 67.6 Å². The normalized spacial score (nSPS) is 13.4. The standard InChI is InChI=1S/C23H22N2O2/c1-15-3-6-20(27-19-7-8-19)12-21(15)17-4-5-18(25-13-17)11-23(26)22-14-24-10-9-16(22)2/h3-6,9-10,12-14,19H,7-8,11H2,1-2H3. The Hall–Kier alpha value is -3.01. The van der Waals surface area contributed by atoms with Crippen molar-refractivity contribution in [2.24, 2.45) is 0 Å². The van der Waals surface area contributed by atoms with Crippen LogP contribution in [0.25, 0.3) is 11.1 Å². The number of nitrogens with zero attached hydrogens (tertiary/aromatic N) is 2. The van der Waals surface area contributed by atoms with Gasteiger partial charge in [0.15, 0.2) is 5.78 Å². The van der Waals surface area contributed by atoms with Crippen LogP contribution in [-0.4, -0.2) is 21.9 Å². The van der Waals surface area contributed by atoms with E-state index in [9.17, 15) is 4.79 Å². The van der Waals surface area contributed by atoms with Crippen LogP contribution >= 0.6 is 0 Å². The molecule has 1 saturated carbocycles. The van der Waals surface area contributed by atoms with E-state index in [1.807, 2.05) is 37.4 Å². The molecule has 0 bridgehead atoms. The lowest BCUT2D eigenvalue weighted by atomic mass is 10.0. The number of aryl methyl sites for hydroxylation is 2. The van der Waals surface area contributed by atoms with E-state index in [1.165, 1.54) is 5.56 Å². The largest absolute Gasteiger partial charge is 0.490 e. The van der Waals surface area contributed by atoms with Crippen LogP contribution in [0.4, 0.5) is 0 Å². The number of aromatic nitrogens is 2. The number of rotatable bonds is 6. The van der Waals surface area contributed by atoms with Crippen LogP contribution in [0.5, 0.6) is 5.75 Å². The molecule has 0 N–H and O–H groups in total. The van der Waals surface area contributed by atoms with Gasteiger partial charge in [0.25, 0.3) is 0 Å². The smallest absolute Gasteiger partial charge is 0.170 e. The molecule has 2 aromatic heterocycles. The second-order valence-corrected chi connectivity index (χ2v) is 7.12. The molecule has 27 heavy (non-hydrogen) atoms. The topological polar surface area (TPSA) is 52.1 Å². The summed E-state index contributed by atoms with van der Waals surface area (Å²) >= 11 is 0. The third-order valence-corrected chi connectivity index (χ3v) is 4.85. The lowest BCUT2D eigenvalue weighted by molar-refractivity contribution is 0.0991. The molecule has 0 spiro atoms. The van der Waals surface area contributed by atoms with E-state index in [0.717, 1.165) is 41.0 Å². The van der Waals surface area contributed by atoms with Crippen LogP contribution in [0.2, 0.25) is 0 Å². The van der Waals surface area contributed by atoms with Crippen LogP contribution in [0.3, 0.4) is 0 Å². The average molecular weight is 358 g/mol. The molecule has 1 aliphatic rings. The van der Waals surface area contributed by atoms with Gasteiger partial charge in [-0.25, -0.2) is 0 Å². The summed E-state index contributed by atoms with van der Waals surface area (Å²) in [5.41, 5.74) is 5.67. The van der Waals surface area contributed by atoms with E-state index in [2.05, 4.69) is 29.0 Å². The molecular weight excluding hydrogens is 336 g/mol. The molecule has 1 aromatic carbocycles. The third-order valence-electron chi connectivity index (χ3n) is 4.85. The number of benzene rings is 1. The van der Waals surface area contributed by atoms with Gasteiger partial charge in [-0.3, -0.25) is 14.8 Å². The molecule has 0 atom stereocenters. The Kier molecular flexibility index (Phi) is 4.71. The predicted molar refractivity (Wildman–Crippen MR) is 105 cm³/mol. The molecule has 1 aliphatic carbocycles. The molecule has 4 nitrogen and oxygen atoms in total. The van der Waals surface area contributed by atoms with E-state index < -0.39 is 0 Å². The quantitative estimate of drug-likeness (QED) is 0.598. The summed E-state index contributed by atoms with van der Waals surface area (Å²) in [5, 5.41) is 0. The van der Waals surface area contributed by atoms with Crippen LogP contribution < -0.4 is 4.74 Å². The summed E-state index contributed by atoms with van der Waals surface area (Å²) in [5.74, 6) is 0.946. The van der Waals surface area contributed by atoms with Crippen molar-refractivity contribution in [1.82, 2.24) is 9.97 Å². The van der Waals surface area contributed by atoms with Crippen molar-refractivity contribution in [2.45, 2.75) is 39.2 Å². The fraction of sp³-hybridized carbons (Fsp3) is 0.261. The van der Waals surface area contributed by atoms with E-state index in [0.29, 0.717) is 11.7 Å². The molecule has 0 amide bonds. The molecule has 1 fully saturated rings. The number of ether oxygens (including phenoxy) is 1. The molecule has 136 valence electrons. The maximum atomic E-state index is 12.5. The monoisotopic (exact) mass is 358 g/mol. The molecule has 3 aromatic rings. The maximum absolute atomic E-state index is 12.5. The van der Waals surface area contributed by atoms with E-state index in [-0.39, 0.29) is 12.2 Å². The zero-order valence-electron chi connectivity index (χ0n) is 15.6. The SMILES string of the molecule is Cc1ccncc1C(=O)Cc1ccc(-c2cc(OC3CC3)ccc2C)cn1. The molecule has 4 heteroatoms. The van der Waals surface area contributed by atoms with Crippen molar-refractivity contribution < 1.29 is 9.53 Å². The highest BCUT2D eigenvalue weighted by atomic mass is 16.5. The van der Waals surface area contributed by atoms with Crippen LogP contribution in [0.15, 0.2) is 55.0 Å². The fourth-order valence-electron chi connectivity index (χ4n) is 3.07. The van der Waals surface area contributed by atoms with Crippen molar-refractivity contribution in [1.29, 1.82) is 0 Å². The van der Waals surface area contributed by atoms with Gasteiger partial charge in [0.1, 0.15) is 5.75 Å². The van der Waals surface area contributed by atoms with E-state index >= 15 is 0 Å². The van der Waals surface area contributed by atoms with Gasteiger partial charge in [0.2, 0.25) is 0 Å². The summed E-state index contributed by atoms with van der Waals surface area (Å²) in [6.45, 7) is 4.00. The first-order valence-corrected chi connectivity index (χ1v) is 9.26. The second kappa shape index (κ2) is 7.31. The highest BCUT2D eigenvalue weighted by Gasteiger charge is 2.23. The zero-order chi connectivity index (χ0) is 18.8. The minimum atomic E-state index is 0.0388. The number of hydrogen-bond donors (Lipinski definition) is 0. The predicted octanol–water partition coefficient (Wildman–Crippen LogP) is 4.73. The van der Waals surface area contributed by atoms with Crippen molar-refractivity contribution >= 4 is 5.78 Å². The van der Waals surface area contributed by atoms with Gasteiger partial charge in [0.05, 0.1) is 12.5 Å². The van der Waals surface area contributed by atoms with Crippen LogP contribution in [-0.2, 0) is 6.42 Å². The lowest BCUT2D eigenvalue weighted by Crippen LogP contribution is -2.07. The Morgan fingerprint density at radius 1 is 1.07 bits per heavy atom. The number of pyridine rings is 2. The molecule has 0 radical (unpaired) electrons. The average Bonchev–Trinajstić information content (AvgIpc) is 3.48. The van der Waals surface area contributed by atoms with Crippen molar-refractivity contribution in [2.75, 3.05) is 0 Å². The molecule has 0 aliphatic heterocycles. The first-order chi connectivity index (χ1) is 13.1. The Morgan fingerprint density at radius 3 is 2.63 bits per heavy atom. The molecule has 2 heterocycles. The molecule has 0 unspecified atom stereocenters. The highest BCUT2D eigenvalue weighted by Crippen LogP contribution is 2.31. The van der Waals surface area contributed by atoms with Gasteiger partial charge < -0.3 is 4.74 Å². The van der Waals surface area contributed by atoms with Crippen molar-refractivity contribution in [3.05, 3.63) is 77.4 Å². The van der Waals surface area contributed by atoms with Gasteiger partial charge in [-0.15, -0.1) is 0 Å². The summed E-state index contributed by atoms with van der Waals surface area (Å²) in [6.07, 6.45) is 8.10. The number of Topliss-reactive ketones (excluding diaryl/α,β-unsaturated/α-hetero) is 1. The van der Waals surface area contributed by atoms with Crippen LogP contribution in [0, 0.1) is 13.8 Å². The Labute approximate surface area is 159 Å². The zero-order valence-corrected chi connectivity index (χ0v) is 15.6. The number of hydrogen-bond acceptors (Lipinski definition) is 4.